The van der Waals surface area contributed by atoms with Gasteiger partial charge in [-0.2, -0.15) is 0 Å². The van der Waals surface area contributed by atoms with Crippen LogP contribution >= 0.6 is 0 Å². The predicted molar refractivity (Wildman–Crippen MR) is 338 cm³/mol. The van der Waals surface area contributed by atoms with Gasteiger partial charge in [0.1, 0.15) is 83.7 Å². The summed E-state index contributed by atoms with van der Waals surface area (Å²) in [5.41, 5.74) is 6.76. The van der Waals surface area contributed by atoms with E-state index in [1.54, 1.807) is 0 Å². The van der Waals surface area contributed by atoms with E-state index in [2.05, 4.69) is 42.5 Å². The first-order valence-electron chi connectivity index (χ1n) is 32.3. The van der Waals surface area contributed by atoms with Gasteiger partial charge in [0.15, 0.2) is 0 Å². The van der Waals surface area contributed by atoms with Crippen molar-refractivity contribution in [3.05, 3.63) is 89.5 Å². The highest BCUT2D eigenvalue weighted by atomic mass is 16.3. The molecule has 13 atom stereocenters. The van der Waals surface area contributed by atoms with Gasteiger partial charge in [-0.1, -0.05) is 36.4 Å². The van der Waals surface area contributed by atoms with Gasteiger partial charge in [-0.15, -0.1) is 0 Å². The van der Waals surface area contributed by atoms with Crippen LogP contribution in [-0.4, -0.2) is 233 Å². The second-order valence-electron chi connectivity index (χ2n) is 25.1. The highest BCUT2D eigenvalue weighted by Crippen LogP contribution is 2.28. The number of nitrogens with two attached hydrogens (primary N) is 1. The van der Waals surface area contributed by atoms with Gasteiger partial charge in [0.25, 0.3) is 0 Å². The molecule has 31 nitrogen and oxygen atoms in total. The number of fused-ring (bicyclic) bond motifs is 4. The van der Waals surface area contributed by atoms with Gasteiger partial charge < -0.3 is 93.4 Å². The lowest BCUT2D eigenvalue weighted by molar-refractivity contribution is -0.148. The average Bonchev–Trinajstić information content (AvgIpc) is 1.60. The summed E-state index contributed by atoms with van der Waals surface area (Å²) in [6, 6.07) is 0.947. The van der Waals surface area contributed by atoms with Crippen LogP contribution in [0.2, 0.25) is 0 Å². The zero-order valence-electron chi connectivity index (χ0n) is 53.6. The summed E-state index contributed by atoms with van der Waals surface area (Å²) < 4.78 is 0. The second kappa shape index (κ2) is 32.5. The second-order valence-corrected chi connectivity index (χ2v) is 25.1. The molecule has 5 saturated heterocycles. The van der Waals surface area contributed by atoms with Crippen molar-refractivity contribution in [3.63, 3.8) is 0 Å². The highest BCUT2D eigenvalue weighted by molar-refractivity contribution is 6.01. The molecule has 96 heavy (non-hydrogen) atoms. The monoisotopic (exact) mass is 1340 g/mol. The molecule has 0 saturated carbocycles. The number of aliphatic hydroxyl groups is 2. The van der Waals surface area contributed by atoms with Crippen molar-refractivity contribution in [1.82, 2.24) is 62.1 Å². The van der Waals surface area contributed by atoms with Crippen LogP contribution in [0.4, 0.5) is 0 Å². The fraction of sp³-hybridized carbons (Fsp3) is 0.523. The Morgan fingerprint density at radius 2 is 0.802 bits per heavy atom. The molecule has 0 spiro atoms. The molecular formula is C65H85N13O18. The third-order valence-electron chi connectivity index (χ3n) is 18.0. The largest absolute Gasteiger partial charge is 0.508 e. The van der Waals surface area contributed by atoms with Crippen molar-refractivity contribution in [1.29, 1.82) is 0 Å². The summed E-state index contributed by atoms with van der Waals surface area (Å²) in [6.07, 6.45) is -3.45. The number of hydrogen-bond acceptors (Lipinski definition) is 18. The Morgan fingerprint density at radius 3 is 1.29 bits per heavy atom. The molecule has 13 amide bonds. The number of rotatable bonds is 11. The standard InChI is InChI=1S/C65H85N13O18/c1-34-55(86)67-33-52(85)75-26-4-8-47(75)61(92)73-53(35(2)79)62(93)69-43(24-25-51(66)84)56(87)72-46(32-39-16-22-42(83)23-17-39)63(94)78-29-7-11-50(78)64(95)76-27-5-10-49(76)60(91)71-44(30-37-12-18-40(81)19-13-37)57(88)70-45(31-38-14-20-41(82)21-15-38)58(89)74-54(36(3)80)65(96)77-28-6-9-48(77)59(90)68-34/h12-23,34-36,43-50,53-54,79-83H,4-11,24-33H2,1-3H3,(H2,66,84)(H,67,86)(H,68,90)(H,69,93)(H,70,88)(H,71,91)(H,72,87)(H,73,92)(H,74,89). The Morgan fingerprint density at radius 1 is 0.438 bits per heavy atom. The molecule has 3 aromatic rings. The molecule has 5 aliphatic heterocycles. The van der Waals surface area contributed by atoms with Crippen LogP contribution in [0.3, 0.4) is 0 Å². The zero-order chi connectivity index (χ0) is 69.7. The molecule has 5 fully saturated rings. The van der Waals surface area contributed by atoms with Crippen molar-refractivity contribution in [2.24, 2.45) is 5.73 Å². The number of phenolic OH excluding ortho intramolecular Hbond substituents is 3. The summed E-state index contributed by atoms with van der Waals surface area (Å²) in [4.78, 5) is 190. The number of amides is 13. The number of primary amides is 1. The predicted octanol–water partition coefficient (Wildman–Crippen LogP) is -3.63. The first-order chi connectivity index (χ1) is 45.7. The topological polar surface area (TPSA) is 458 Å². The smallest absolute Gasteiger partial charge is 0.248 e. The van der Waals surface area contributed by atoms with Crippen LogP contribution in [0, 0.1) is 0 Å². The number of carbonyl (C=O) groups is 13. The van der Waals surface area contributed by atoms with Crippen LogP contribution in [0.1, 0.15) is 102 Å². The Hall–Kier alpha value is -9.91. The minimum absolute atomic E-state index is 0.00677. The molecule has 0 bridgehead atoms. The molecule has 518 valence electrons. The molecule has 5 heterocycles. The number of hydrogen-bond donors (Lipinski definition) is 14. The van der Waals surface area contributed by atoms with Crippen LogP contribution in [0.15, 0.2) is 72.8 Å². The van der Waals surface area contributed by atoms with Gasteiger partial charge in [-0.25, -0.2) is 0 Å². The van der Waals surface area contributed by atoms with Crippen molar-refractivity contribution in [3.8, 4) is 17.2 Å². The molecule has 5 aliphatic rings. The molecule has 31 heteroatoms. The van der Waals surface area contributed by atoms with Crippen molar-refractivity contribution in [2.45, 2.75) is 183 Å². The fourth-order valence-corrected chi connectivity index (χ4v) is 12.7. The van der Waals surface area contributed by atoms with Crippen molar-refractivity contribution < 1.29 is 87.9 Å². The van der Waals surface area contributed by atoms with Crippen LogP contribution < -0.4 is 48.3 Å². The zero-order valence-corrected chi connectivity index (χ0v) is 53.6. The summed E-state index contributed by atoms with van der Waals surface area (Å²) in [5.74, 6) is -11.7. The summed E-state index contributed by atoms with van der Waals surface area (Å²) >= 11 is 0. The highest BCUT2D eigenvalue weighted by Gasteiger charge is 2.46. The molecule has 0 aliphatic carbocycles. The molecule has 0 aromatic heterocycles. The number of nitrogens with one attached hydrogen (secondary N) is 8. The maximum Gasteiger partial charge on any atom is 0.248 e. The van der Waals surface area contributed by atoms with E-state index in [0.29, 0.717) is 29.5 Å². The molecule has 3 aromatic carbocycles. The van der Waals surface area contributed by atoms with Crippen molar-refractivity contribution in [2.75, 3.05) is 32.7 Å². The first kappa shape index (κ1) is 71.9. The third kappa shape index (κ3) is 18.3. The summed E-state index contributed by atoms with van der Waals surface area (Å²) in [6.45, 7) is 3.07. The summed E-state index contributed by atoms with van der Waals surface area (Å²) in [7, 11) is 0. The number of nitrogens with zero attached hydrogens (tertiary/aromatic N) is 4. The van der Waals surface area contributed by atoms with Gasteiger partial charge in [0.05, 0.1) is 18.8 Å². The van der Waals surface area contributed by atoms with E-state index >= 15 is 9.59 Å². The molecule has 8 rings (SSSR count). The van der Waals surface area contributed by atoms with E-state index in [0.717, 1.165) is 9.80 Å². The van der Waals surface area contributed by atoms with E-state index in [9.17, 15) is 78.3 Å². The van der Waals surface area contributed by atoms with E-state index in [1.807, 2.05) is 0 Å². The van der Waals surface area contributed by atoms with Gasteiger partial charge in [0, 0.05) is 51.9 Å². The summed E-state index contributed by atoms with van der Waals surface area (Å²) in [5, 5.41) is 73.2. The molecule has 13 unspecified atom stereocenters. The lowest BCUT2D eigenvalue weighted by Gasteiger charge is -2.34. The molecular weight excluding hydrogens is 1250 g/mol. The lowest BCUT2D eigenvalue weighted by Crippen LogP contribution is -2.62. The van der Waals surface area contributed by atoms with Crippen LogP contribution in [-0.2, 0) is 81.6 Å². The van der Waals surface area contributed by atoms with Crippen LogP contribution in [0.25, 0.3) is 0 Å². The Bertz CT molecular complexity index is 3390. The maximum atomic E-state index is 15.1. The number of aliphatic hydroxyl groups excluding tert-OH is 2. The van der Waals surface area contributed by atoms with E-state index in [-0.39, 0.29) is 101 Å². The maximum absolute atomic E-state index is 15.1. The Labute approximate surface area is 553 Å². The van der Waals surface area contributed by atoms with E-state index in [4.69, 9.17) is 5.73 Å². The van der Waals surface area contributed by atoms with Gasteiger partial charge in [0.2, 0.25) is 76.8 Å². The fourth-order valence-electron chi connectivity index (χ4n) is 12.7. The minimum atomic E-state index is -1.79. The normalized spacial score (nSPS) is 27.5. The number of aromatic hydroxyl groups is 3. The molecule has 0 radical (unpaired) electrons. The molecule has 15 N–H and O–H groups in total. The van der Waals surface area contributed by atoms with Crippen LogP contribution in [0.5, 0.6) is 17.2 Å². The number of carbonyl (C=O) groups excluding carboxylic acids is 13. The first-order valence-corrected chi connectivity index (χ1v) is 32.3. The van der Waals surface area contributed by atoms with Gasteiger partial charge in [-0.05, 0) is 132 Å². The van der Waals surface area contributed by atoms with Crippen molar-refractivity contribution >= 4 is 76.8 Å². The van der Waals surface area contributed by atoms with Gasteiger partial charge >= 0.3 is 0 Å². The van der Waals surface area contributed by atoms with Gasteiger partial charge in [-0.3, -0.25) is 62.3 Å². The lowest BCUT2D eigenvalue weighted by atomic mass is 10.0. The number of phenols is 3. The SMILES string of the molecule is CC1NC(=O)C2CCCN2C(=O)C(C(C)O)NC(=O)C(Cc2ccc(O)cc2)NC(=O)C(Cc2ccc(O)cc2)NC(=O)C2CCCN2C(=O)C2CCCN2C(=O)C(Cc2ccc(O)cc2)NC(=O)C(CCC(N)=O)NC(=O)C(C(C)O)NC(=O)C2CCCN2C(=O)CNC1=O. The average molecular weight is 1340 g/mol. The quantitative estimate of drug-likeness (QED) is 0.0881. The number of benzene rings is 3. The third-order valence-corrected chi connectivity index (χ3v) is 18.0. The van der Waals surface area contributed by atoms with E-state index < -0.39 is 175 Å². The Balaban J connectivity index is 1.13. The Kier molecular flexibility index (Phi) is 24.3. The minimum Gasteiger partial charge on any atom is -0.508 e. The van der Waals surface area contributed by atoms with E-state index in [1.165, 1.54) is 103 Å².